The minimum Gasteiger partial charge on any atom is -0.452 e. The second-order valence-electron chi connectivity index (χ2n) is 4.79. The summed E-state index contributed by atoms with van der Waals surface area (Å²) in [6, 6.07) is 12.1. The van der Waals surface area contributed by atoms with Crippen LogP contribution in [0.5, 0.6) is 0 Å². The fraction of sp³-hybridized carbons (Fsp3) is 0.176. The van der Waals surface area contributed by atoms with Gasteiger partial charge in [-0.15, -0.1) is 0 Å². The summed E-state index contributed by atoms with van der Waals surface area (Å²) >= 11 is 0. The SMILES string of the molecule is O=C(COC(=O)c1ccc(F)cc1F)NCCc1ccccc1. The first-order chi connectivity index (χ1) is 11.1. The summed E-state index contributed by atoms with van der Waals surface area (Å²) < 4.78 is 30.8. The Balaban J connectivity index is 1.74. The zero-order valence-electron chi connectivity index (χ0n) is 12.2. The third-order valence-corrected chi connectivity index (χ3v) is 3.06. The number of nitrogens with one attached hydrogen (secondary N) is 1. The molecule has 0 fully saturated rings. The van der Waals surface area contributed by atoms with E-state index in [4.69, 9.17) is 4.74 Å². The Morgan fingerprint density at radius 2 is 1.78 bits per heavy atom. The van der Waals surface area contributed by atoms with Crippen LogP contribution in [0.3, 0.4) is 0 Å². The molecule has 1 amide bonds. The molecule has 0 saturated heterocycles. The number of ether oxygens (including phenoxy) is 1. The molecular weight excluding hydrogens is 304 g/mol. The molecule has 6 heteroatoms. The topological polar surface area (TPSA) is 55.4 Å². The molecule has 0 bridgehead atoms. The molecule has 4 nitrogen and oxygen atoms in total. The van der Waals surface area contributed by atoms with Crippen LogP contribution in [-0.2, 0) is 16.0 Å². The summed E-state index contributed by atoms with van der Waals surface area (Å²) in [5, 5.41) is 2.59. The Hall–Kier alpha value is -2.76. The molecule has 23 heavy (non-hydrogen) atoms. The smallest absolute Gasteiger partial charge is 0.341 e. The van der Waals surface area contributed by atoms with Gasteiger partial charge < -0.3 is 10.1 Å². The largest absolute Gasteiger partial charge is 0.452 e. The van der Waals surface area contributed by atoms with Crippen molar-refractivity contribution in [1.82, 2.24) is 5.32 Å². The van der Waals surface area contributed by atoms with E-state index in [1.54, 1.807) is 0 Å². The minimum absolute atomic E-state index is 0.394. The van der Waals surface area contributed by atoms with Crippen LogP contribution in [0.4, 0.5) is 8.78 Å². The lowest BCUT2D eigenvalue weighted by Crippen LogP contribution is -2.30. The van der Waals surface area contributed by atoms with Gasteiger partial charge in [0.1, 0.15) is 11.6 Å². The number of rotatable bonds is 6. The molecule has 0 aliphatic rings. The highest BCUT2D eigenvalue weighted by Crippen LogP contribution is 2.10. The monoisotopic (exact) mass is 319 g/mol. The van der Waals surface area contributed by atoms with Gasteiger partial charge in [0.25, 0.3) is 5.91 Å². The van der Waals surface area contributed by atoms with Crippen molar-refractivity contribution in [2.45, 2.75) is 6.42 Å². The van der Waals surface area contributed by atoms with Crippen molar-refractivity contribution in [2.24, 2.45) is 0 Å². The molecule has 0 aromatic heterocycles. The minimum atomic E-state index is -1.03. The van der Waals surface area contributed by atoms with Gasteiger partial charge in [0.15, 0.2) is 6.61 Å². The predicted molar refractivity (Wildman–Crippen MR) is 79.8 cm³/mol. The Morgan fingerprint density at radius 3 is 2.48 bits per heavy atom. The maximum atomic E-state index is 13.4. The summed E-state index contributed by atoms with van der Waals surface area (Å²) in [4.78, 5) is 23.2. The van der Waals surface area contributed by atoms with E-state index in [2.05, 4.69) is 5.32 Å². The molecule has 0 atom stereocenters. The lowest BCUT2D eigenvalue weighted by atomic mass is 10.1. The lowest BCUT2D eigenvalue weighted by molar-refractivity contribution is -0.124. The molecule has 0 radical (unpaired) electrons. The molecular formula is C17H15F2NO3. The third-order valence-electron chi connectivity index (χ3n) is 3.06. The summed E-state index contributed by atoms with van der Waals surface area (Å²) in [5.74, 6) is -3.32. The zero-order chi connectivity index (χ0) is 16.7. The zero-order valence-corrected chi connectivity index (χ0v) is 12.2. The highest BCUT2D eigenvalue weighted by Gasteiger charge is 2.15. The second-order valence-corrected chi connectivity index (χ2v) is 4.79. The van der Waals surface area contributed by atoms with Gasteiger partial charge in [-0.25, -0.2) is 13.6 Å². The fourth-order valence-electron chi connectivity index (χ4n) is 1.91. The van der Waals surface area contributed by atoms with E-state index in [1.165, 1.54) is 0 Å². The van der Waals surface area contributed by atoms with Crippen molar-refractivity contribution < 1.29 is 23.1 Å². The first kappa shape index (κ1) is 16.6. The Kier molecular flexibility index (Phi) is 5.80. The maximum Gasteiger partial charge on any atom is 0.341 e. The molecule has 0 heterocycles. The molecule has 1 N–H and O–H groups in total. The molecule has 0 spiro atoms. The van der Waals surface area contributed by atoms with Crippen molar-refractivity contribution >= 4 is 11.9 Å². The summed E-state index contributed by atoms with van der Waals surface area (Å²) in [7, 11) is 0. The number of amides is 1. The first-order valence-corrected chi connectivity index (χ1v) is 6.99. The third kappa shape index (κ3) is 5.18. The van der Waals surface area contributed by atoms with Crippen molar-refractivity contribution in [2.75, 3.05) is 13.2 Å². The number of hydrogen-bond donors (Lipinski definition) is 1. The average Bonchev–Trinajstić information content (AvgIpc) is 2.53. The van der Waals surface area contributed by atoms with Gasteiger partial charge in [-0.05, 0) is 24.1 Å². The van der Waals surface area contributed by atoms with Crippen molar-refractivity contribution in [3.63, 3.8) is 0 Å². The van der Waals surface area contributed by atoms with Crippen molar-refractivity contribution in [3.8, 4) is 0 Å². The van der Waals surface area contributed by atoms with E-state index in [-0.39, 0.29) is 0 Å². The van der Waals surface area contributed by atoms with Crippen molar-refractivity contribution in [1.29, 1.82) is 0 Å². The highest BCUT2D eigenvalue weighted by molar-refractivity contribution is 5.91. The summed E-state index contributed by atoms with van der Waals surface area (Å²) in [5.41, 5.74) is 0.654. The number of halogens is 2. The summed E-state index contributed by atoms with van der Waals surface area (Å²) in [6.45, 7) is -0.129. The van der Waals surface area contributed by atoms with Gasteiger partial charge in [-0.1, -0.05) is 30.3 Å². The van der Waals surface area contributed by atoms with Crippen LogP contribution in [0.1, 0.15) is 15.9 Å². The maximum absolute atomic E-state index is 13.4. The number of carbonyl (C=O) groups excluding carboxylic acids is 2. The number of benzene rings is 2. The summed E-state index contributed by atoms with van der Waals surface area (Å²) in [6.07, 6.45) is 0.646. The van der Waals surface area contributed by atoms with Crippen LogP contribution in [0.25, 0.3) is 0 Å². The van der Waals surface area contributed by atoms with E-state index < -0.39 is 35.7 Å². The van der Waals surface area contributed by atoms with Gasteiger partial charge in [0.2, 0.25) is 0 Å². The number of hydrogen-bond acceptors (Lipinski definition) is 3. The molecule has 0 aliphatic carbocycles. The number of carbonyl (C=O) groups is 2. The molecule has 2 aromatic rings. The molecule has 0 unspecified atom stereocenters. The van der Waals surface area contributed by atoms with Crippen LogP contribution in [0.15, 0.2) is 48.5 Å². The van der Waals surface area contributed by atoms with Gasteiger partial charge in [0.05, 0.1) is 5.56 Å². The molecule has 0 aliphatic heterocycles. The molecule has 0 saturated carbocycles. The quantitative estimate of drug-likeness (QED) is 0.832. The Morgan fingerprint density at radius 1 is 1.04 bits per heavy atom. The van der Waals surface area contributed by atoms with Gasteiger partial charge in [-0.2, -0.15) is 0 Å². The predicted octanol–water partition coefficient (Wildman–Crippen LogP) is 2.48. The highest BCUT2D eigenvalue weighted by atomic mass is 19.1. The molecule has 2 aromatic carbocycles. The number of esters is 1. The fourth-order valence-corrected chi connectivity index (χ4v) is 1.91. The standard InChI is InChI=1S/C17H15F2NO3/c18-13-6-7-14(15(19)10-13)17(22)23-11-16(21)20-9-8-12-4-2-1-3-5-12/h1-7,10H,8-9,11H2,(H,20,21). The van der Waals surface area contributed by atoms with Crippen LogP contribution >= 0.6 is 0 Å². The second kappa shape index (κ2) is 8.03. The van der Waals surface area contributed by atoms with E-state index in [0.29, 0.717) is 19.0 Å². The van der Waals surface area contributed by atoms with Crippen LogP contribution < -0.4 is 5.32 Å². The van der Waals surface area contributed by atoms with E-state index in [0.717, 1.165) is 17.7 Å². The van der Waals surface area contributed by atoms with E-state index in [9.17, 15) is 18.4 Å². The van der Waals surface area contributed by atoms with Gasteiger partial charge in [-0.3, -0.25) is 4.79 Å². The van der Waals surface area contributed by atoms with Gasteiger partial charge in [0, 0.05) is 12.6 Å². The normalized spacial score (nSPS) is 10.2. The van der Waals surface area contributed by atoms with Crippen molar-refractivity contribution in [3.05, 3.63) is 71.3 Å². The Bertz CT molecular complexity index is 689. The van der Waals surface area contributed by atoms with E-state index in [1.807, 2.05) is 30.3 Å². The van der Waals surface area contributed by atoms with E-state index >= 15 is 0 Å². The molecule has 2 rings (SSSR count). The average molecular weight is 319 g/mol. The van der Waals surface area contributed by atoms with Crippen LogP contribution in [0, 0.1) is 11.6 Å². The van der Waals surface area contributed by atoms with Gasteiger partial charge >= 0.3 is 5.97 Å². The lowest BCUT2D eigenvalue weighted by Gasteiger charge is -2.07. The van der Waals surface area contributed by atoms with Crippen LogP contribution in [-0.4, -0.2) is 25.0 Å². The Labute approximate surface area is 132 Å². The molecule has 120 valence electrons. The van der Waals surface area contributed by atoms with Crippen LogP contribution in [0.2, 0.25) is 0 Å². The first-order valence-electron chi connectivity index (χ1n) is 6.99.